The van der Waals surface area contributed by atoms with E-state index in [1.807, 2.05) is 23.1 Å². The van der Waals surface area contributed by atoms with Crippen molar-refractivity contribution in [2.75, 3.05) is 66.2 Å². The molecule has 1 amide bonds. The number of nitrogens with one attached hydrogen (secondary N) is 1. The van der Waals surface area contributed by atoms with E-state index in [0.29, 0.717) is 37.7 Å². The van der Waals surface area contributed by atoms with Gasteiger partial charge in [0.05, 0.1) is 20.3 Å². The summed E-state index contributed by atoms with van der Waals surface area (Å²) in [6.45, 7) is 7.24. The lowest BCUT2D eigenvalue weighted by Gasteiger charge is -2.28. The summed E-state index contributed by atoms with van der Waals surface area (Å²) in [5, 5.41) is 13.7. The molecular formula is C22H35N3O5. The Morgan fingerprint density at radius 3 is 2.80 bits per heavy atom. The number of carbonyl (C=O) groups is 1. The van der Waals surface area contributed by atoms with Crippen LogP contribution in [0.4, 0.5) is 0 Å². The van der Waals surface area contributed by atoms with Crippen molar-refractivity contribution in [1.29, 1.82) is 0 Å². The molecule has 0 bridgehead atoms. The second-order valence-electron chi connectivity index (χ2n) is 7.88. The molecule has 0 saturated carbocycles. The molecule has 1 atom stereocenters. The highest BCUT2D eigenvalue weighted by molar-refractivity contribution is 5.77. The molecule has 3 rings (SSSR count). The van der Waals surface area contributed by atoms with Crippen LogP contribution < -0.4 is 14.8 Å². The number of rotatable bonds is 12. The van der Waals surface area contributed by atoms with Gasteiger partial charge in [0.1, 0.15) is 12.7 Å². The van der Waals surface area contributed by atoms with Crippen molar-refractivity contribution < 1.29 is 24.1 Å². The first-order valence-electron chi connectivity index (χ1n) is 10.9. The van der Waals surface area contributed by atoms with Crippen LogP contribution in [0, 0.1) is 0 Å². The van der Waals surface area contributed by atoms with Gasteiger partial charge in [-0.05, 0) is 37.1 Å². The number of carbonyl (C=O) groups excluding carboxylic acids is 1. The van der Waals surface area contributed by atoms with Crippen LogP contribution in [0.2, 0.25) is 0 Å². The topological polar surface area (TPSA) is 83.5 Å². The monoisotopic (exact) mass is 421 g/mol. The third-order valence-electron chi connectivity index (χ3n) is 5.51. The molecule has 8 nitrogen and oxygen atoms in total. The van der Waals surface area contributed by atoms with E-state index < -0.39 is 6.10 Å². The molecule has 2 aliphatic heterocycles. The molecule has 168 valence electrons. The summed E-state index contributed by atoms with van der Waals surface area (Å²) in [6, 6.07) is 5.85. The Bertz CT molecular complexity index is 666. The number of β-amino-alcohol motifs (C(OH)–C–C–N with tert-alkyl or cyclic N) is 1. The van der Waals surface area contributed by atoms with Gasteiger partial charge < -0.3 is 29.5 Å². The van der Waals surface area contributed by atoms with Crippen LogP contribution in [0.5, 0.6) is 11.5 Å². The molecule has 8 heteroatoms. The van der Waals surface area contributed by atoms with Crippen molar-refractivity contribution in [2.45, 2.75) is 31.9 Å². The molecule has 1 aromatic carbocycles. The predicted molar refractivity (Wildman–Crippen MR) is 114 cm³/mol. The Hall–Kier alpha value is -1.87. The maximum atomic E-state index is 11.6. The molecule has 2 saturated heterocycles. The van der Waals surface area contributed by atoms with E-state index in [-0.39, 0.29) is 12.5 Å². The second kappa shape index (κ2) is 12.1. The number of amides is 1. The Kier molecular flexibility index (Phi) is 9.20. The van der Waals surface area contributed by atoms with Crippen LogP contribution in [0.25, 0.3) is 0 Å². The molecule has 2 N–H and O–H groups in total. The third-order valence-corrected chi connectivity index (χ3v) is 5.51. The first kappa shape index (κ1) is 22.8. The minimum atomic E-state index is -0.559. The number of morpholine rings is 1. The lowest BCUT2D eigenvalue weighted by atomic mass is 10.2. The SMILES string of the molecule is COc1cc(CNCCCN2CCCC2=O)ccc1OC[C@H](O)CN1CCOCC1. The van der Waals surface area contributed by atoms with Crippen LogP contribution in [-0.2, 0) is 16.1 Å². The number of hydrogen-bond acceptors (Lipinski definition) is 7. The highest BCUT2D eigenvalue weighted by atomic mass is 16.5. The lowest BCUT2D eigenvalue weighted by Crippen LogP contribution is -2.42. The largest absolute Gasteiger partial charge is 0.493 e. The molecule has 2 heterocycles. The maximum absolute atomic E-state index is 11.6. The van der Waals surface area contributed by atoms with Gasteiger partial charge in [0.25, 0.3) is 0 Å². The Morgan fingerprint density at radius 1 is 1.23 bits per heavy atom. The molecule has 0 spiro atoms. The van der Waals surface area contributed by atoms with Crippen LogP contribution in [0.3, 0.4) is 0 Å². The van der Waals surface area contributed by atoms with Crippen LogP contribution in [0.1, 0.15) is 24.8 Å². The normalized spacial score (nSPS) is 18.6. The molecule has 30 heavy (non-hydrogen) atoms. The van der Waals surface area contributed by atoms with Gasteiger partial charge in [-0.25, -0.2) is 0 Å². The van der Waals surface area contributed by atoms with Crippen LogP contribution >= 0.6 is 0 Å². The highest BCUT2D eigenvalue weighted by Gasteiger charge is 2.19. The maximum Gasteiger partial charge on any atom is 0.222 e. The summed E-state index contributed by atoms with van der Waals surface area (Å²) in [5.74, 6) is 1.58. The van der Waals surface area contributed by atoms with Crippen molar-refractivity contribution in [1.82, 2.24) is 15.1 Å². The highest BCUT2D eigenvalue weighted by Crippen LogP contribution is 2.28. The zero-order valence-electron chi connectivity index (χ0n) is 18.0. The zero-order chi connectivity index (χ0) is 21.2. The van der Waals surface area contributed by atoms with Crippen molar-refractivity contribution in [3.05, 3.63) is 23.8 Å². The third kappa shape index (κ3) is 7.12. The summed E-state index contributed by atoms with van der Waals surface area (Å²) in [7, 11) is 1.62. The van der Waals surface area contributed by atoms with E-state index in [1.54, 1.807) is 7.11 Å². The molecule has 0 aromatic heterocycles. The van der Waals surface area contributed by atoms with Gasteiger partial charge in [0, 0.05) is 45.7 Å². The summed E-state index contributed by atoms with van der Waals surface area (Å²) < 4.78 is 16.6. The fraction of sp³-hybridized carbons (Fsp3) is 0.682. The molecule has 0 radical (unpaired) electrons. The van der Waals surface area contributed by atoms with Crippen molar-refractivity contribution >= 4 is 5.91 Å². The molecule has 1 aromatic rings. The molecule has 0 unspecified atom stereocenters. The van der Waals surface area contributed by atoms with E-state index in [1.165, 1.54) is 0 Å². The van der Waals surface area contributed by atoms with E-state index in [4.69, 9.17) is 14.2 Å². The van der Waals surface area contributed by atoms with Crippen LogP contribution in [0.15, 0.2) is 18.2 Å². The molecular weight excluding hydrogens is 386 g/mol. The Balaban J connectivity index is 1.37. The molecule has 2 fully saturated rings. The van der Waals surface area contributed by atoms with Crippen molar-refractivity contribution in [2.24, 2.45) is 0 Å². The number of hydrogen-bond donors (Lipinski definition) is 2. The number of nitrogens with zero attached hydrogens (tertiary/aromatic N) is 2. The smallest absolute Gasteiger partial charge is 0.222 e. The average Bonchev–Trinajstić information content (AvgIpc) is 3.17. The zero-order valence-corrected chi connectivity index (χ0v) is 18.0. The quantitative estimate of drug-likeness (QED) is 0.485. The number of benzene rings is 1. The van der Waals surface area contributed by atoms with E-state index >= 15 is 0 Å². The van der Waals surface area contributed by atoms with E-state index in [0.717, 1.165) is 57.7 Å². The van der Waals surface area contributed by atoms with E-state index in [9.17, 15) is 9.90 Å². The summed E-state index contributed by atoms with van der Waals surface area (Å²) >= 11 is 0. The van der Waals surface area contributed by atoms with Gasteiger partial charge in [-0.2, -0.15) is 0 Å². The number of ether oxygens (including phenoxy) is 3. The summed E-state index contributed by atoms with van der Waals surface area (Å²) in [5.41, 5.74) is 1.10. The minimum Gasteiger partial charge on any atom is -0.493 e. The fourth-order valence-corrected chi connectivity index (χ4v) is 3.83. The minimum absolute atomic E-state index is 0.223. The van der Waals surface area contributed by atoms with Gasteiger partial charge in [-0.1, -0.05) is 6.07 Å². The average molecular weight is 422 g/mol. The van der Waals surface area contributed by atoms with Crippen LogP contribution in [-0.4, -0.2) is 93.1 Å². The standard InChI is InChI=1S/C22H35N3O5/c1-28-21-14-18(15-23-7-3-9-25-8-2-4-22(25)27)5-6-20(21)30-17-19(26)16-24-10-12-29-13-11-24/h5-6,14,19,23,26H,2-4,7-13,15-17H2,1H3/t19-/m1/s1. The first-order chi connectivity index (χ1) is 14.7. The predicted octanol–water partition coefficient (Wildman–Crippen LogP) is 0.869. The fourth-order valence-electron chi connectivity index (χ4n) is 3.83. The van der Waals surface area contributed by atoms with Gasteiger partial charge >= 0.3 is 0 Å². The summed E-state index contributed by atoms with van der Waals surface area (Å²) in [6.07, 6.45) is 2.08. The lowest BCUT2D eigenvalue weighted by molar-refractivity contribution is -0.127. The molecule has 0 aliphatic carbocycles. The summed E-state index contributed by atoms with van der Waals surface area (Å²) in [4.78, 5) is 15.7. The number of methoxy groups -OCH3 is 1. The van der Waals surface area contributed by atoms with Gasteiger partial charge in [-0.3, -0.25) is 9.69 Å². The van der Waals surface area contributed by atoms with Crippen molar-refractivity contribution in [3.8, 4) is 11.5 Å². The number of likely N-dealkylation sites (tertiary alicyclic amines) is 1. The number of aliphatic hydroxyl groups is 1. The van der Waals surface area contributed by atoms with Gasteiger partial charge in [0.15, 0.2) is 11.5 Å². The molecule has 2 aliphatic rings. The first-order valence-corrected chi connectivity index (χ1v) is 10.9. The van der Waals surface area contributed by atoms with Gasteiger partial charge in [-0.15, -0.1) is 0 Å². The second-order valence-corrected chi connectivity index (χ2v) is 7.88. The Labute approximate surface area is 179 Å². The van der Waals surface area contributed by atoms with E-state index in [2.05, 4.69) is 10.2 Å². The van der Waals surface area contributed by atoms with Crippen molar-refractivity contribution in [3.63, 3.8) is 0 Å². The Morgan fingerprint density at radius 2 is 2.07 bits per heavy atom. The van der Waals surface area contributed by atoms with Gasteiger partial charge in [0.2, 0.25) is 5.91 Å². The number of aliphatic hydroxyl groups excluding tert-OH is 1.